The van der Waals surface area contributed by atoms with Crippen molar-refractivity contribution in [1.82, 2.24) is 9.80 Å². The molecule has 0 bridgehead atoms. The minimum Gasteiger partial charge on any atom is -0.375 e. The van der Waals surface area contributed by atoms with Crippen molar-refractivity contribution in [2.45, 2.75) is 44.2 Å². The van der Waals surface area contributed by atoms with Crippen molar-refractivity contribution < 1.29 is 9.90 Å². The van der Waals surface area contributed by atoms with Crippen molar-refractivity contribution in [3.63, 3.8) is 0 Å². The van der Waals surface area contributed by atoms with E-state index in [4.69, 9.17) is 0 Å². The Labute approximate surface area is 174 Å². The highest BCUT2D eigenvalue weighted by Crippen LogP contribution is 2.42. The second-order valence-corrected chi connectivity index (χ2v) is 8.53. The lowest BCUT2D eigenvalue weighted by Crippen LogP contribution is -2.56. The number of carbonyl (C=O) groups excluding carboxylic acids is 1. The average molecular weight is 393 g/mol. The summed E-state index contributed by atoms with van der Waals surface area (Å²) in [7, 11) is 0. The molecule has 4 rings (SSSR count). The molecule has 2 aromatic carbocycles. The van der Waals surface area contributed by atoms with Gasteiger partial charge in [0.2, 0.25) is 0 Å². The summed E-state index contributed by atoms with van der Waals surface area (Å²) in [6.07, 6.45) is 4.02. The molecule has 29 heavy (non-hydrogen) atoms. The van der Waals surface area contributed by atoms with Crippen LogP contribution in [0.1, 0.15) is 49.8 Å². The van der Waals surface area contributed by atoms with Crippen LogP contribution in [0.2, 0.25) is 0 Å². The van der Waals surface area contributed by atoms with Gasteiger partial charge in [0.05, 0.1) is 0 Å². The van der Waals surface area contributed by atoms with Gasteiger partial charge in [0.15, 0.2) is 5.60 Å². The van der Waals surface area contributed by atoms with Crippen LogP contribution in [0, 0.1) is 5.92 Å². The van der Waals surface area contributed by atoms with Crippen LogP contribution in [0.15, 0.2) is 60.7 Å². The van der Waals surface area contributed by atoms with Gasteiger partial charge in [-0.3, -0.25) is 9.69 Å². The van der Waals surface area contributed by atoms with E-state index >= 15 is 0 Å². The zero-order chi connectivity index (χ0) is 20.3. The Morgan fingerprint density at radius 2 is 1.48 bits per heavy atom. The molecule has 2 fully saturated rings. The number of benzene rings is 2. The molecule has 154 valence electrons. The van der Waals surface area contributed by atoms with Crippen LogP contribution in [0.25, 0.3) is 0 Å². The normalized spacial score (nSPS) is 21.7. The number of amides is 1. The molecule has 1 unspecified atom stereocenters. The van der Waals surface area contributed by atoms with E-state index in [-0.39, 0.29) is 11.8 Å². The second-order valence-electron chi connectivity index (χ2n) is 8.53. The third-order valence-electron chi connectivity index (χ3n) is 6.92. The van der Waals surface area contributed by atoms with Gasteiger partial charge in [-0.25, -0.2) is 0 Å². The molecule has 4 nitrogen and oxygen atoms in total. The summed E-state index contributed by atoms with van der Waals surface area (Å²) in [5.74, 6) is -0.0960. The van der Waals surface area contributed by atoms with E-state index in [1.165, 1.54) is 5.56 Å². The van der Waals surface area contributed by atoms with Crippen LogP contribution >= 0.6 is 0 Å². The summed E-state index contributed by atoms with van der Waals surface area (Å²) in [4.78, 5) is 17.9. The van der Waals surface area contributed by atoms with Crippen molar-refractivity contribution in [3.8, 4) is 0 Å². The lowest BCUT2D eigenvalue weighted by atomic mass is 9.79. The van der Waals surface area contributed by atoms with Gasteiger partial charge in [0, 0.05) is 38.1 Å². The number of hydrogen-bond donors (Lipinski definition) is 1. The number of piperazine rings is 1. The van der Waals surface area contributed by atoms with Gasteiger partial charge in [0.25, 0.3) is 5.91 Å². The fraction of sp³-hybridized carbons (Fsp3) is 0.480. The number of nitrogens with zero attached hydrogens (tertiary/aromatic N) is 2. The Morgan fingerprint density at radius 3 is 2.07 bits per heavy atom. The molecular weight excluding hydrogens is 360 g/mol. The van der Waals surface area contributed by atoms with E-state index in [1.54, 1.807) is 0 Å². The minimum atomic E-state index is -1.40. The average Bonchev–Trinajstić information content (AvgIpc) is 3.34. The van der Waals surface area contributed by atoms with Crippen LogP contribution in [-0.2, 0) is 10.4 Å². The van der Waals surface area contributed by atoms with Gasteiger partial charge >= 0.3 is 0 Å². The Morgan fingerprint density at radius 1 is 0.931 bits per heavy atom. The summed E-state index contributed by atoms with van der Waals surface area (Å²) in [6, 6.07) is 20.4. The summed E-state index contributed by atoms with van der Waals surface area (Å²) < 4.78 is 0. The standard InChI is InChI=1S/C25H32N2O2/c1-20(21-10-4-2-5-11-21)26-16-18-27(19-17-26)24(28)25(29,23-14-8-9-15-23)22-12-6-3-7-13-22/h2-7,10-13,20,23,29H,8-9,14-19H2,1H3/t20-,25?/m1/s1. The van der Waals surface area contributed by atoms with E-state index in [0.717, 1.165) is 44.3 Å². The Hall–Kier alpha value is -2.17. The van der Waals surface area contributed by atoms with Crippen molar-refractivity contribution >= 4 is 5.91 Å². The number of rotatable bonds is 5. The zero-order valence-electron chi connectivity index (χ0n) is 17.3. The first-order chi connectivity index (χ1) is 14.1. The molecule has 0 radical (unpaired) electrons. The Kier molecular flexibility index (Phi) is 6.02. The molecule has 2 atom stereocenters. The summed E-state index contributed by atoms with van der Waals surface area (Å²) in [5, 5.41) is 11.8. The van der Waals surface area contributed by atoms with Gasteiger partial charge in [-0.05, 0) is 30.9 Å². The first kappa shape index (κ1) is 20.1. The summed E-state index contributed by atoms with van der Waals surface area (Å²) in [5.41, 5.74) is 0.654. The highest BCUT2D eigenvalue weighted by molar-refractivity contribution is 5.87. The van der Waals surface area contributed by atoms with Crippen molar-refractivity contribution in [2.24, 2.45) is 5.92 Å². The number of carbonyl (C=O) groups is 1. The molecule has 0 aromatic heterocycles. The molecule has 2 aromatic rings. The van der Waals surface area contributed by atoms with E-state index < -0.39 is 5.60 Å². The molecule has 2 aliphatic rings. The third-order valence-corrected chi connectivity index (χ3v) is 6.92. The highest BCUT2D eigenvalue weighted by atomic mass is 16.3. The fourth-order valence-electron chi connectivity index (χ4n) is 5.07. The molecular formula is C25H32N2O2. The van der Waals surface area contributed by atoms with Crippen molar-refractivity contribution in [2.75, 3.05) is 26.2 Å². The molecule has 1 N–H and O–H groups in total. The lowest BCUT2D eigenvalue weighted by Gasteiger charge is -2.43. The smallest absolute Gasteiger partial charge is 0.259 e. The quantitative estimate of drug-likeness (QED) is 0.837. The molecule has 1 heterocycles. The third kappa shape index (κ3) is 3.96. The lowest BCUT2D eigenvalue weighted by molar-refractivity contribution is -0.161. The predicted octanol–water partition coefficient (Wildman–Crippen LogP) is 3.97. The number of hydrogen-bond acceptors (Lipinski definition) is 3. The molecule has 0 spiro atoms. The molecule has 4 heteroatoms. The van der Waals surface area contributed by atoms with Crippen LogP contribution < -0.4 is 0 Å². The summed E-state index contributed by atoms with van der Waals surface area (Å²) in [6.45, 7) is 5.22. The van der Waals surface area contributed by atoms with E-state index in [9.17, 15) is 9.90 Å². The van der Waals surface area contributed by atoms with Gasteiger partial charge in [-0.15, -0.1) is 0 Å². The molecule has 1 saturated carbocycles. The van der Waals surface area contributed by atoms with E-state index in [2.05, 4.69) is 36.1 Å². The van der Waals surface area contributed by atoms with Crippen LogP contribution in [0.4, 0.5) is 0 Å². The Balaban J connectivity index is 1.48. The van der Waals surface area contributed by atoms with Crippen molar-refractivity contribution in [3.05, 3.63) is 71.8 Å². The Bertz CT molecular complexity index is 796. The second kappa shape index (κ2) is 8.68. The van der Waals surface area contributed by atoms with Crippen molar-refractivity contribution in [1.29, 1.82) is 0 Å². The van der Waals surface area contributed by atoms with E-state index in [1.807, 2.05) is 41.3 Å². The maximum absolute atomic E-state index is 13.6. The van der Waals surface area contributed by atoms with Crippen LogP contribution in [0.3, 0.4) is 0 Å². The molecule has 1 saturated heterocycles. The SMILES string of the molecule is C[C@H](c1ccccc1)N1CCN(C(=O)C(O)(c2ccccc2)C2CCCC2)CC1. The van der Waals surface area contributed by atoms with Crippen LogP contribution in [0.5, 0.6) is 0 Å². The van der Waals surface area contributed by atoms with Gasteiger partial charge < -0.3 is 10.0 Å². The fourth-order valence-corrected chi connectivity index (χ4v) is 5.07. The molecule has 1 amide bonds. The molecule has 1 aliphatic carbocycles. The van der Waals surface area contributed by atoms with Crippen LogP contribution in [-0.4, -0.2) is 47.0 Å². The maximum Gasteiger partial charge on any atom is 0.259 e. The predicted molar refractivity (Wildman–Crippen MR) is 115 cm³/mol. The van der Waals surface area contributed by atoms with Gasteiger partial charge in [-0.1, -0.05) is 73.5 Å². The van der Waals surface area contributed by atoms with Gasteiger partial charge in [0.1, 0.15) is 0 Å². The van der Waals surface area contributed by atoms with Gasteiger partial charge in [-0.2, -0.15) is 0 Å². The monoisotopic (exact) mass is 392 g/mol. The largest absolute Gasteiger partial charge is 0.375 e. The topological polar surface area (TPSA) is 43.8 Å². The highest BCUT2D eigenvalue weighted by Gasteiger charge is 2.48. The minimum absolute atomic E-state index is 0.0127. The first-order valence-corrected chi connectivity index (χ1v) is 11.0. The number of aliphatic hydroxyl groups is 1. The zero-order valence-corrected chi connectivity index (χ0v) is 17.3. The molecule has 1 aliphatic heterocycles. The maximum atomic E-state index is 13.6. The first-order valence-electron chi connectivity index (χ1n) is 11.0. The summed E-state index contributed by atoms with van der Waals surface area (Å²) >= 11 is 0. The van der Waals surface area contributed by atoms with E-state index in [0.29, 0.717) is 19.1 Å².